The molecule has 0 saturated carbocycles. The van der Waals surface area contributed by atoms with Gasteiger partial charge in [-0.3, -0.25) is 9.59 Å². The molecule has 0 aliphatic heterocycles. The van der Waals surface area contributed by atoms with Gasteiger partial charge in [-0.2, -0.15) is 0 Å². The molecule has 104 valence electrons. The van der Waals surface area contributed by atoms with Gasteiger partial charge in [0.2, 0.25) is 5.91 Å². The van der Waals surface area contributed by atoms with Gasteiger partial charge in [0.1, 0.15) is 18.0 Å². The molecule has 0 radical (unpaired) electrons. The van der Waals surface area contributed by atoms with Crippen molar-refractivity contribution >= 4 is 11.9 Å². The van der Waals surface area contributed by atoms with Crippen molar-refractivity contribution in [1.29, 1.82) is 0 Å². The van der Waals surface area contributed by atoms with E-state index in [1.54, 1.807) is 13.0 Å². The first kappa shape index (κ1) is 14.8. The van der Waals surface area contributed by atoms with Crippen molar-refractivity contribution < 1.29 is 24.9 Å². The van der Waals surface area contributed by atoms with Gasteiger partial charge in [-0.25, -0.2) is 0 Å². The Morgan fingerprint density at radius 2 is 1.95 bits per heavy atom. The molecule has 1 aromatic carbocycles. The normalized spacial score (nSPS) is 11.9. The van der Waals surface area contributed by atoms with Crippen LogP contribution in [-0.2, 0) is 9.59 Å². The smallest absolute Gasteiger partial charge is 0.323 e. The highest BCUT2D eigenvalue weighted by molar-refractivity contribution is 5.81. The van der Waals surface area contributed by atoms with Gasteiger partial charge in [0.15, 0.2) is 0 Å². The maximum Gasteiger partial charge on any atom is 0.323 e. The molecule has 0 aliphatic rings. The molecule has 6 nitrogen and oxygen atoms in total. The van der Waals surface area contributed by atoms with Crippen LogP contribution in [-0.4, -0.2) is 45.7 Å². The van der Waals surface area contributed by atoms with E-state index in [4.69, 9.17) is 5.11 Å². The third-order valence-electron chi connectivity index (χ3n) is 2.82. The number of hydrogen-bond donors (Lipinski definition) is 3. The third kappa shape index (κ3) is 4.17. The predicted molar refractivity (Wildman–Crippen MR) is 68.1 cm³/mol. The Labute approximate surface area is 110 Å². The minimum Gasteiger partial charge on any atom is -0.508 e. The van der Waals surface area contributed by atoms with Crippen molar-refractivity contribution in [2.24, 2.45) is 0 Å². The molecule has 0 heterocycles. The van der Waals surface area contributed by atoms with Crippen molar-refractivity contribution in [3.63, 3.8) is 0 Å². The van der Waals surface area contributed by atoms with Gasteiger partial charge in [0.05, 0.1) is 0 Å². The minimum atomic E-state index is -1.07. The largest absolute Gasteiger partial charge is 0.508 e. The molecule has 0 bridgehead atoms. The molecule has 6 heteroatoms. The standard InChI is InChI=1S/C13H17NO5/c1-8(5-12(17)14(2)7-13(18)19)10-4-3-9(15)6-11(10)16/h3-4,6,8,15-16H,5,7H2,1-2H3,(H,18,19). The summed E-state index contributed by atoms with van der Waals surface area (Å²) >= 11 is 0. The highest BCUT2D eigenvalue weighted by atomic mass is 16.4. The number of carboxylic acids is 1. The molecular weight excluding hydrogens is 250 g/mol. The van der Waals surface area contributed by atoms with E-state index < -0.39 is 5.97 Å². The maximum atomic E-state index is 11.8. The zero-order valence-electron chi connectivity index (χ0n) is 10.8. The quantitative estimate of drug-likeness (QED) is 0.743. The van der Waals surface area contributed by atoms with Crippen LogP contribution in [0.2, 0.25) is 0 Å². The van der Waals surface area contributed by atoms with Gasteiger partial charge in [0.25, 0.3) is 0 Å². The van der Waals surface area contributed by atoms with Crippen molar-refractivity contribution in [2.75, 3.05) is 13.6 Å². The van der Waals surface area contributed by atoms with Crippen LogP contribution in [0.3, 0.4) is 0 Å². The molecule has 0 saturated heterocycles. The first-order valence-electron chi connectivity index (χ1n) is 5.79. The van der Waals surface area contributed by atoms with Crippen LogP contribution in [0.25, 0.3) is 0 Å². The van der Waals surface area contributed by atoms with Gasteiger partial charge in [0, 0.05) is 19.5 Å². The molecule has 1 amide bonds. The van der Waals surface area contributed by atoms with Crippen molar-refractivity contribution in [1.82, 2.24) is 4.90 Å². The van der Waals surface area contributed by atoms with Crippen LogP contribution in [0.4, 0.5) is 0 Å². The molecule has 1 rings (SSSR count). The number of phenolic OH excluding ortho intramolecular Hbond substituents is 2. The summed E-state index contributed by atoms with van der Waals surface area (Å²) < 4.78 is 0. The van der Waals surface area contributed by atoms with Gasteiger partial charge in [-0.1, -0.05) is 13.0 Å². The number of phenols is 2. The molecule has 19 heavy (non-hydrogen) atoms. The summed E-state index contributed by atoms with van der Waals surface area (Å²) in [4.78, 5) is 23.4. The van der Waals surface area contributed by atoms with E-state index in [9.17, 15) is 19.8 Å². The minimum absolute atomic E-state index is 0.0530. The van der Waals surface area contributed by atoms with Crippen LogP contribution < -0.4 is 0 Å². The topological polar surface area (TPSA) is 98.1 Å². The summed E-state index contributed by atoms with van der Waals surface area (Å²) in [6.07, 6.45) is 0.0854. The van der Waals surface area contributed by atoms with E-state index in [0.717, 1.165) is 4.90 Å². The van der Waals surface area contributed by atoms with E-state index in [0.29, 0.717) is 5.56 Å². The lowest BCUT2D eigenvalue weighted by Gasteiger charge is -2.18. The first-order valence-corrected chi connectivity index (χ1v) is 5.79. The number of rotatable bonds is 5. The summed E-state index contributed by atoms with van der Waals surface area (Å²) in [5, 5.41) is 27.5. The van der Waals surface area contributed by atoms with E-state index in [1.165, 1.54) is 19.2 Å². The fraction of sp³-hybridized carbons (Fsp3) is 0.385. The number of nitrogens with zero attached hydrogens (tertiary/aromatic N) is 1. The lowest BCUT2D eigenvalue weighted by molar-refractivity contribution is -0.143. The van der Waals surface area contributed by atoms with Crippen LogP contribution in [0.15, 0.2) is 18.2 Å². The number of likely N-dealkylation sites (N-methyl/N-ethyl adjacent to an activating group) is 1. The molecule has 0 aromatic heterocycles. The fourth-order valence-electron chi connectivity index (χ4n) is 1.77. The van der Waals surface area contributed by atoms with Gasteiger partial charge in [-0.05, 0) is 17.5 Å². The van der Waals surface area contributed by atoms with Crippen LogP contribution >= 0.6 is 0 Å². The van der Waals surface area contributed by atoms with Crippen molar-refractivity contribution in [3.8, 4) is 11.5 Å². The van der Waals surface area contributed by atoms with E-state index in [1.807, 2.05) is 0 Å². The fourth-order valence-corrected chi connectivity index (χ4v) is 1.77. The Kier molecular flexibility index (Phi) is 4.74. The maximum absolute atomic E-state index is 11.8. The number of benzene rings is 1. The molecule has 1 aromatic rings. The van der Waals surface area contributed by atoms with Crippen LogP contribution in [0.1, 0.15) is 24.8 Å². The Balaban J connectivity index is 2.71. The van der Waals surface area contributed by atoms with Crippen molar-refractivity contribution in [3.05, 3.63) is 23.8 Å². The Morgan fingerprint density at radius 3 is 2.47 bits per heavy atom. The summed E-state index contributed by atoms with van der Waals surface area (Å²) in [7, 11) is 1.42. The summed E-state index contributed by atoms with van der Waals surface area (Å²) in [5.74, 6) is -1.80. The highest BCUT2D eigenvalue weighted by Crippen LogP contribution is 2.31. The van der Waals surface area contributed by atoms with Gasteiger partial charge in [-0.15, -0.1) is 0 Å². The number of aromatic hydroxyl groups is 2. The predicted octanol–water partition coefficient (Wildman–Crippen LogP) is 1.13. The Morgan fingerprint density at radius 1 is 1.32 bits per heavy atom. The average molecular weight is 267 g/mol. The number of carboxylic acid groups (broad SMARTS) is 1. The van der Waals surface area contributed by atoms with Crippen LogP contribution in [0.5, 0.6) is 11.5 Å². The molecular formula is C13H17NO5. The molecule has 3 N–H and O–H groups in total. The first-order chi connectivity index (χ1) is 8.81. The van der Waals surface area contributed by atoms with E-state index in [-0.39, 0.29) is 36.3 Å². The second kappa shape index (κ2) is 6.08. The molecule has 0 aliphatic carbocycles. The lowest BCUT2D eigenvalue weighted by atomic mass is 9.96. The molecule has 0 fully saturated rings. The lowest BCUT2D eigenvalue weighted by Crippen LogP contribution is -2.32. The number of amides is 1. The molecule has 0 spiro atoms. The number of carbonyl (C=O) groups is 2. The van der Waals surface area contributed by atoms with Gasteiger partial charge < -0.3 is 20.2 Å². The zero-order valence-corrected chi connectivity index (χ0v) is 10.8. The van der Waals surface area contributed by atoms with Crippen LogP contribution in [0, 0.1) is 0 Å². The monoisotopic (exact) mass is 267 g/mol. The summed E-state index contributed by atoms with van der Waals surface area (Å²) in [6, 6.07) is 4.17. The second-order valence-electron chi connectivity index (χ2n) is 4.49. The third-order valence-corrected chi connectivity index (χ3v) is 2.82. The Bertz CT molecular complexity index is 486. The van der Waals surface area contributed by atoms with Crippen molar-refractivity contribution in [2.45, 2.75) is 19.3 Å². The number of hydrogen-bond acceptors (Lipinski definition) is 4. The van der Waals surface area contributed by atoms with E-state index >= 15 is 0 Å². The Hall–Kier alpha value is -2.24. The second-order valence-corrected chi connectivity index (χ2v) is 4.49. The van der Waals surface area contributed by atoms with Gasteiger partial charge >= 0.3 is 5.97 Å². The molecule has 1 unspecified atom stereocenters. The molecule has 1 atom stereocenters. The number of carbonyl (C=O) groups excluding carboxylic acids is 1. The number of aliphatic carboxylic acids is 1. The highest BCUT2D eigenvalue weighted by Gasteiger charge is 2.18. The summed E-state index contributed by atoms with van der Waals surface area (Å²) in [6.45, 7) is 1.39. The average Bonchev–Trinajstić information content (AvgIpc) is 2.27. The van der Waals surface area contributed by atoms with E-state index in [2.05, 4.69) is 0 Å². The summed E-state index contributed by atoms with van der Waals surface area (Å²) in [5.41, 5.74) is 0.537. The zero-order chi connectivity index (χ0) is 14.6. The SMILES string of the molecule is CC(CC(=O)N(C)CC(=O)O)c1ccc(O)cc1O.